The van der Waals surface area contributed by atoms with Gasteiger partial charge in [0.15, 0.2) is 5.75 Å². The van der Waals surface area contributed by atoms with Crippen LogP contribution in [0.25, 0.3) is 0 Å². The van der Waals surface area contributed by atoms with Crippen LogP contribution >= 0.6 is 0 Å². The number of halogens is 3. The molecule has 10 heteroatoms. The van der Waals surface area contributed by atoms with Crippen LogP contribution in [-0.4, -0.2) is 40.8 Å². The molecule has 1 N–H and O–H groups in total. The summed E-state index contributed by atoms with van der Waals surface area (Å²) in [7, 11) is 0. The molecule has 192 valence electrons. The molecule has 0 spiro atoms. The summed E-state index contributed by atoms with van der Waals surface area (Å²) in [5.74, 6) is -0.242. The first-order valence-corrected chi connectivity index (χ1v) is 10.9. The second-order valence-electron chi connectivity index (χ2n) is 9.07. The molecule has 0 heterocycles. The third-order valence-corrected chi connectivity index (χ3v) is 4.80. The minimum absolute atomic E-state index is 0.0381. The molecule has 1 amide bonds. The number of carbonyl (C=O) groups is 2. The number of amides is 1. The Kier molecular flexibility index (Phi) is 9.14. The molecule has 2 aromatic rings. The normalized spacial score (nSPS) is 12.6. The predicted octanol–water partition coefficient (Wildman–Crippen LogP) is 5.38. The van der Waals surface area contributed by atoms with E-state index in [0.29, 0.717) is 17.7 Å². The average Bonchev–Trinajstić information content (AvgIpc) is 2.74. The van der Waals surface area contributed by atoms with Gasteiger partial charge >= 0.3 is 18.2 Å². The summed E-state index contributed by atoms with van der Waals surface area (Å²) in [5.41, 5.74) is -0.139. The fraction of sp³-hybridized carbons (Fsp3) is 0.440. The van der Waals surface area contributed by atoms with E-state index in [1.807, 2.05) is 0 Å². The quantitative estimate of drug-likeness (QED) is 0.389. The standard InChI is InChI=1S/C25H30F3NO6/c1-16-13-18(9-10-22(16)35-34-17(2)30)11-12-29(23(32)33-24(3,4)5)15-21(31)19-7-6-8-20(14-19)25(26,27)28/h6-10,13-14,21,31H,11-12,15H2,1-5H3. The number of nitrogens with zero attached hydrogens (tertiary/aromatic N) is 1. The molecule has 0 fully saturated rings. The lowest BCUT2D eigenvalue weighted by atomic mass is 10.0. The average molecular weight is 498 g/mol. The van der Waals surface area contributed by atoms with Gasteiger partial charge in [0.1, 0.15) is 5.60 Å². The van der Waals surface area contributed by atoms with Gasteiger partial charge in [0.05, 0.1) is 18.2 Å². The minimum Gasteiger partial charge on any atom is -0.444 e. The molecule has 0 aliphatic heterocycles. The lowest BCUT2D eigenvalue weighted by Gasteiger charge is -2.29. The van der Waals surface area contributed by atoms with Gasteiger partial charge in [-0.25, -0.2) is 9.59 Å². The number of benzene rings is 2. The molecule has 0 bridgehead atoms. The molecule has 0 aromatic heterocycles. The number of aryl methyl sites for hydroxylation is 1. The van der Waals surface area contributed by atoms with E-state index < -0.39 is 35.5 Å². The summed E-state index contributed by atoms with van der Waals surface area (Å²) in [6, 6.07) is 9.49. The minimum atomic E-state index is -4.55. The van der Waals surface area contributed by atoms with Crippen molar-refractivity contribution in [2.45, 2.75) is 58.9 Å². The van der Waals surface area contributed by atoms with Gasteiger partial charge in [0.2, 0.25) is 0 Å². The SMILES string of the molecule is CC(=O)OOc1ccc(CCN(CC(O)c2cccc(C(F)(F)F)c2)C(=O)OC(C)(C)C)cc1C. The fourth-order valence-electron chi connectivity index (χ4n) is 3.15. The zero-order chi connectivity index (χ0) is 26.4. The molecule has 1 atom stereocenters. The van der Waals surface area contributed by atoms with Crippen molar-refractivity contribution in [1.82, 2.24) is 4.90 Å². The van der Waals surface area contributed by atoms with Gasteiger partial charge in [0, 0.05) is 13.5 Å². The first-order valence-electron chi connectivity index (χ1n) is 10.9. The second-order valence-corrected chi connectivity index (χ2v) is 9.07. The van der Waals surface area contributed by atoms with Gasteiger partial charge < -0.3 is 14.7 Å². The van der Waals surface area contributed by atoms with Gasteiger partial charge in [-0.2, -0.15) is 13.2 Å². The van der Waals surface area contributed by atoms with Crippen LogP contribution in [0.3, 0.4) is 0 Å². The topological polar surface area (TPSA) is 85.3 Å². The highest BCUT2D eigenvalue weighted by Crippen LogP contribution is 2.31. The van der Waals surface area contributed by atoms with Crippen LogP contribution < -0.4 is 4.89 Å². The smallest absolute Gasteiger partial charge is 0.416 e. The van der Waals surface area contributed by atoms with Crippen molar-refractivity contribution in [3.8, 4) is 5.75 Å². The summed E-state index contributed by atoms with van der Waals surface area (Å²) >= 11 is 0. The number of carbonyl (C=O) groups excluding carboxylic acids is 2. The van der Waals surface area contributed by atoms with E-state index in [9.17, 15) is 27.9 Å². The molecule has 0 radical (unpaired) electrons. The van der Waals surface area contributed by atoms with E-state index in [1.165, 1.54) is 24.0 Å². The molecule has 2 rings (SSSR count). The van der Waals surface area contributed by atoms with Crippen LogP contribution in [-0.2, 0) is 27.0 Å². The van der Waals surface area contributed by atoms with Gasteiger partial charge in [-0.15, -0.1) is 0 Å². The third-order valence-electron chi connectivity index (χ3n) is 4.80. The van der Waals surface area contributed by atoms with E-state index in [1.54, 1.807) is 45.9 Å². The predicted molar refractivity (Wildman–Crippen MR) is 121 cm³/mol. The van der Waals surface area contributed by atoms with Gasteiger partial charge in [-0.05, 0) is 69.0 Å². The Balaban J connectivity index is 2.17. The molecule has 35 heavy (non-hydrogen) atoms. The van der Waals surface area contributed by atoms with Crippen LogP contribution in [0.5, 0.6) is 5.75 Å². The Hall–Kier alpha value is -3.27. The third kappa shape index (κ3) is 9.12. The van der Waals surface area contributed by atoms with Crippen LogP contribution in [0.4, 0.5) is 18.0 Å². The van der Waals surface area contributed by atoms with E-state index in [0.717, 1.165) is 17.7 Å². The number of hydrogen-bond acceptors (Lipinski definition) is 6. The first-order chi connectivity index (χ1) is 16.2. The molecule has 1 unspecified atom stereocenters. The Morgan fingerprint density at radius 2 is 1.77 bits per heavy atom. The maximum atomic E-state index is 13.1. The summed E-state index contributed by atoms with van der Waals surface area (Å²) in [6.07, 6.45) is -6.24. The lowest BCUT2D eigenvalue weighted by molar-refractivity contribution is -0.211. The van der Waals surface area contributed by atoms with E-state index in [-0.39, 0.29) is 18.7 Å². The lowest BCUT2D eigenvalue weighted by Crippen LogP contribution is -2.40. The molecule has 0 aliphatic carbocycles. The van der Waals surface area contributed by atoms with Crippen LogP contribution in [0, 0.1) is 6.92 Å². The number of aliphatic hydroxyl groups is 1. The molecule has 0 saturated carbocycles. The van der Waals surface area contributed by atoms with Crippen molar-refractivity contribution in [2.75, 3.05) is 13.1 Å². The monoisotopic (exact) mass is 497 g/mol. The Morgan fingerprint density at radius 1 is 1.09 bits per heavy atom. The zero-order valence-corrected chi connectivity index (χ0v) is 20.3. The van der Waals surface area contributed by atoms with Crippen LogP contribution in [0.15, 0.2) is 42.5 Å². The van der Waals surface area contributed by atoms with E-state index >= 15 is 0 Å². The Bertz CT molecular complexity index is 1030. The zero-order valence-electron chi connectivity index (χ0n) is 20.3. The van der Waals surface area contributed by atoms with Crippen molar-refractivity contribution in [3.05, 3.63) is 64.7 Å². The summed E-state index contributed by atoms with van der Waals surface area (Å²) in [5, 5.41) is 10.6. The van der Waals surface area contributed by atoms with E-state index in [4.69, 9.17) is 9.62 Å². The molecule has 2 aromatic carbocycles. The van der Waals surface area contributed by atoms with Crippen LogP contribution in [0.1, 0.15) is 56.1 Å². The first kappa shape index (κ1) is 28.0. The van der Waals surface area contributed by atoms with Crippen molar-refractivity contribution < 1.29 is 42.4 Å². The highest BCUT2D eigenvalue weighted by molar-refractivity contribution is 5.68. The van der Waals surface area contributed by atoms with Gasteiger partial charge in [-0.3, -0.25) is 9.78 Å². The number of ether oxygens (including phenoxy) is 1. The van der Waals surface area contributed by atoms with Gasteiger partial charge in [-0.1, -0.05) is 24.3 Å². The number of alkyl halides is 3. The van der Waals surface area contributed by atoms with E-state index in [2.05, 4.69) is 4.89 Å². The Morgan fingerprint density at radius 3 is 2.34 bits per heavy atom. The van der Waals surface area contributed by atoms with Gasteiger partial charge in [0.25, 0.3) is 0 Å². The summed E-state index contributed by atoms with van der Waals surface area (Å²) in [6.45, 7) is 7.91. The number of aliphatic hydroxyl groups excluding tert-OH is 1. The van der Waals surface area contributed by atoms with Crippen LogP contribution in [0.2, 0.25) is 0 Å². The highest BCUT2D eigenvalue weighted by Gasteiger charge is 2.31. The van der Waals surface area contributed by atoms with Crippen molar-refractivity contribution in [3.63, 3.8) is 0 Å². The maximum Gasteiger partial charge on any atom is 0.416 e. The number of hydrogen-bond donors (Lipinski definition) is 1. The largest absolute Gasteiger partial charge is 0.444 e. The number of rotatable bonds is 8. The summed E-state index contributed by atoms with van der Waals surface area (Å²) in [4.78, 5) is 34.5. The molecule has 0 aliphatic rings. The maximum absolute atomic E-state index is 13.1. The molecule has 7 nitrogen and oxygen atoms in total. The molecular formula is C25H30F3NO6. The fourth-order valence-corrected chi connectivity index (χ4v) is 3.15. The Labute approximate surface area is 202 Å². The van der Waals surface area contributed by atoms with Crippen molar-refractivity contribution in [2.24, 2.45) is 0 Å². The second kappa shape index (κ2) is 11.4. The van der Waals surface area contributed by atoms with Crippen molar-refractivity contribution >= 4 is 12.1 Å². The highest BCUT2D eigenvalue weighted by atomic mass is 19.4. The summed E-state index contributed by atoms with van der Waals surface area (Å²) < 4.78 is 44.6. The van der Waals surface area contributed by atoms with Crippen molar-refractivity contribution in [1.29, 1.82) is 0 Å². The molecule has 0 saturated heterocycles. The molecular weight excluding hydrogens is 467 g/mol.